The Balaban J connectivity index is 2.41. The van der Waals surface area contributed by atoms with E-state index in [0.29, 0.717) is 24.7 Å². The summed E-state index contributed by atoms with van der Waals surface area (Å²) in [6.07, 6.45) is 0.598. The van der Waals surface area contributed by atoms with Crippen LogP contribution in [0.4, 0.5) is 0 Å². The second kappa shape index (κ2) is 5.18. The van der Waals surface area contributed by atoms with Crippen LogP contribution in [0.25, 0.3) is 11.4 Å². The lowest BCUT2D eigenvalue weighted by Gasteiger charge is -2.09. The van der Waals surface area contributed by atoms with Crippen molar-refractivity contribution < 1.29 is 9.26 Å². The van der Waals surface area contributed by atoms with Crippen LogP contribution < -0.4 is 10.5 Å². The van der Waals surface area contributed by atoms with Gasteiger partial charge in [0.1, 0.15) is 5.75 Å². The number of benzene rings is 1. The van der Waals surface area contributed by atoms with E-state index in [-0.39, 0.29) is 0 Å². The van der Waals surface area contributed by atoms with Gasteiger partial charge in [0.25, 0.3) is 0 Å². The Morgan fingerprint density at radius 3 is 2.72 bits per heavy atom. The van der Waals surface area contributed by atoms with Gasteiger partial charge in [-0.25, -0.2) is 0 Å². The summed E-state index contributed by atoms with van der Waals surface area (Å²) in [5.41, 5.74) is 8.59. The highest BCUT2D eigenvalue weighted by molar-refractivity contribution is 5.64. The van der Waals surface area contributed by atoms with Crippen LogP contribution in [0.1, 0.15) is 17.0 Å². The van der Waals surface area contributed by atoms with Crippen molar-refractivity contribution in [3.05, 3.63) is 29.2 Å². The third kappa shape index (κ3) is 2.22. The molecule has 1 aromatic heterocycles. The molecule has 0 fully saturated rings. The van der Waals surface area contributed by atoms with Crippen molar-refractivity contribution in [2.75, 3.05) is 13.7 Å². The molecule has 1 aromatic carbocycles. The molecule has 96 valence electrons. The summed E-state index contributed by atoms with van der Waals surface area (Å²) >= 11 is 0. The molecule has 5 nitrogen and oxygen atoms in total. The van der Waals surface area contributed by atoms with Gasteiger partial charge in [-0.3, -0.25) is 0 Å². The Morgan fingerprint density at radius 1 is 1.28 bits per heavy atom. The van der Waals surface area contributed by atoms with Crippen molar-refractivity contribution in [3.8, 4) is 17.1 Å². The normalized spacial score (nSPS) is 10.7. The zero-order valence-electron chi connectivity index (χ0n) is 10.9. The third-order valence-electron chi connectivity index (χ3n) is 3.02. The van der Waals surface area contributed by atoms with Crippen LogP contribution in [0.2, 0.25) is 0 Å². The summed E-state index contributed by atoms with van der Waals surface area (Å²) in [5.74, 6) is 2.03. The molecule has 0 atom stereocenters. The Kier molecular flexibility index (Phi) is 3.62. The van der Waals surface area contributed by atoms with E-state index in [4.69, 9.17) is 15.0 Å². The minimum Gasteiger partial charge on any atom is -0.496 e. The standard InChI is InChI=1S/C13H17N3O2/c1-8-9(2)11(17-3)5-4-10(8)13-15-12(6-7-14)18-16-13/h4-5H,6-7,14H2,1-3H3. The minimum atomic E-state index is 0.502. The van der Waals surface area contributed by atoms with Crippen molar-refractivity contribution in [1.82, 2.24) is 10.1 Å². The number of aromatic nitrogens is 2. The molecule has 0 aliphatic heterocycles. The van der Waals surface area contributed by atoms with Crippen molar-refractivity contribution in [1.29, 1.82) is 0 Å². The highest BCUT2D eigenvalue weighted by atomic mass is 16.5. The van der Waals surface area contributed by atoms with Crippen LogP contribution in [-0.2, 0) is 6.42 Å². The number of methoxy groups -OCH3 is 1. The lowest BCUT2D eigenvalue weighted by atomic mass is 10.0. The predicted molar refractivity (Wildman–Crippen MR) is 68.5 cm³/mol. The topological polar surface area (TPSA) is 74.2 Å². The van der Waals surface area contributed by atoms with Gasteiger partial charge in [-0.1, -0.05) is 5.16 Å². The predicted octanol–water partition coefficient (Wildman–Crippen LogP) is 1.86. The summed E-state index contributed by atoms with van der Waals surface area (Å²) < 4.78 is 10.4. The van der Waals surface area contributed by atoms with Gasteiger partial charge < -0.3 is 15.0 Å². The zero-order chi connectivity index (χ0) is 13.1. The quantitative estimate of drug-likeness (QED) is 0.892. The summed E-state index contributed by atoms with van der Waals surface area (Å²) in [6.45, 7) is 4.53. The van der Waals surface area contributed by atoms with Gasteiger partial charge in [-0.2, -0.15) is 4.98 Å². The molecule has 0 aliphatic carbocycles. The highest BCUT2D eigenvalue weighted by Gasteiger charge is 2.13. The number of nitrogens with two attached hydrogens (primary N) is 1. The zero-order valence-corrected chi connectivity index (χ0v) is 10.9. The Bertz CT molecular complexity index is 549. The second-order valence-electron chi connectivity index (χ2n) is 4.12. The fraction of sp³-hybridized carbons (Fsp3) is 0.385. The Labute approximate surface area is 106 Å². The molecule has 0 spiro atoms. The molecular weight excluding hydrogens is 230 g/mol. The molecule has 0 saturated heterocycles. The Hall–Kier alpha value is -1.88. The maximum atomic E-state index is 5.46. The molecule has 2 N–H and O–H groups in total. The average molecular weight is 247 g/mol. The van der Waals surface area contributed by atoms with Gasteiger partial charge in [0.05, 0.1) is 7.11 Å². The first-order valence-corrected chi connectivity index (χ1v) is 5.84. The maximum Gasteiger partial charge on any atom is 0.228 e. The van der Waals surface area contributed by atoms with E-state index in [1.807, 2.05) is 26.0 Å². The van der Waals surface area contributed by atoms with Gasteiger partial charge in [0, 0.05) is 18.5 Å². The second-order valence-corrected chi connectivity index (χ2v) is 4.12. The number of rotatable bonds is 4. The van der Waals surface area contributed by atoms with E-state index >= 15 is 0 Å². The Morgan fingerprint density at radius 2 is 2.06 bits per heavy atom. The first-order chi connectivity index (χ1) is 8.67. The first-order valence-electron chi connectivity index (χ1n) is 5.84. The van der Waals surface area contributed by atoms with E-state index in [1.54, 1.807) is 7.11 Å². The van der Waals surface area contributed by atoms with E-state index < -0.39 is 0 Å². The van der Waals surface area contributed by atoms with Crippen LogP contribution in [0.15, 0.2) is 16.7 Å². The lowest BCUT2D eigenvalue weighted by Crippen LogP contribution is -2.02. The number of hydrogen-bond donors (Lipinski definition) is 1. The lowest BCUT2D eigenvalue weighted by molar-refractivity contribution is 0.380. The molecule has 0 aliphatic rings. The van der Waals surface area contributed by atoms with Gasteiger partial charge in [-0.15, -0.1) is 0 Å². The van der Waals surface area contributed by atoms with E-state index in [0.717, 1.165) is 22.4 Å². The number of hydrogen-bond acceptors (Lipinski definition) is 5. The smallest absolute Gasteiger partial charge is 0.228 e. The van der Waals surface area contributed by atoms with Gasteiger partial charge >= 0.3 is 0 Å². The van der Waals surface area contributed by atoms with Gasteiger partial charge in [0.2, 0.25) is 11.7 Å². The van der Waals surface area contributed by atoms with Crippen LogP contribution in [-0.4, -0.2) is 23.8 Å². The van der Waals surface area contributed by atoms with E-state index in [9.17, 15) is 0 Å². The first kappa shape index (κ1) is 12.6. The molecular formula is C13H17N3O2. The molecule has 18 heavy (non-hydrogen) atoms. The monoisotopic (exact) mass is 247 g/mol. The van der Waals surface area contributed by atoms with Crippen LogP contribution in [0.5, 0.6) is 5.75 Å². The molecule has 0 bridgehead atoms. The summed E-state index contributed by atoms with van der Waals surface area (Å²) in [4.78, 5) is 4.33. The molecule has 5 heteroatoms. The highest BCUT2D eigenvalue weighted by Crippen LogP contribution is 2.29. The fourth-order valence-corrected chi connectivity index (χ4v) is 1.85. The summed E-state index contributed by atoms with van der Waals surface area (Å²) in [6, 6.07) is 3.86. The van der Waals surface area contributed by atoms with Crippen LogP contribution >= 0.6 is 0 Å². The van der Waals surface area contributed by atoms with E-state index in [1.165, 1.54) is 0 Å². The molecule has 2 aromatic rings. The largest absolute Gasteiger partial charge is 0.496 e. The minimum absolute atomic E-state index is 0.502. The molecule has 1 heterocycles. The van der Waals surface area contributed by atoms with Crippen LogP contribution in [0, 0.1) is 13.8 Å². The van der Waals surface area contributed by atoms with Gasteiger partial charge in [0.15, 0.2) is 0 Å². The SMILES string of the molecule is COc1ccc(-c2noc(CCN)n2)c(C)c1C. The molecule has 0 unspecified atom stereocenters. The van der Waals surface area contributed by atoms with Gasteiger partial charge in [-0.05, 0) is 37.1 Å². The summed E-state index contributed by atoms with van der Waals surface area (Å²) in [7, 11) is 1.66. The van der Waals surface area contributed by atoms with Crippen molar-refractivity contribution in [2.45, 2.75) is 20.3 Å². The number of nitrogens with zero attached hydrogens (tertiary/aromatic N) is 2. The average Bonchev–Trinajstić information content (AvgIpc) is 2.81. The fourth-order valence-electron chi connectivity index (χ4n) is 1.85. The van der Waals surface area contributed by atoms with E-state index in [2.05, 4.69) is 10.1 Å². The molecule has 2 rings (SSSR count). The number of ether oxygens (including phenoxy) is 1. The molecule has 0 saturated carbocycles. The van der Waals surface area contributed by atoms with Crippen LogP contribution in [0.3, 0.4) is 0 Å². The maximum absolute atomic E-state index is 5.46. The van der Waals surface area contributed by atoms with Crippen molar-refractivity contribution >= 4 is 0 Å². The van der Waals surface area contributed by atoms with Crippen molar-refractivity contribution in [2.24, 2.45) is 5.73 Å². The molecule has 0 radical (unpaired) electrons. The molecule has 0 amide bonds. The van der Waals surface area contributed by atoms with Crippen molar-refractivity contribution in [3.63, 3.8) is 0 Å². The third-order valence-corrected chi connectivity index (χ3v) is 3.02. The summed E-state index contributed by atoms with van der Waals surface area (Å²) in [5, 5.41) is 3.98.